The lowest BCUT2D eigenvalue weighted by atomic mass is 9.95. The number of pyridine rings is 1. The Kier molecular flexibility index (Phi) is 7.90. The maximum Gasteiger partial charge on any atom is 0.339 e. The van der Waals surface area contributed by atoms with Gasteiger partial charge in [0.15, 0.2) is 6.61 Å². The number of carbonyl (C=O) groups excluding carboxylic acids is 2. The van der Waals surface area contributed by atoms with E-state index in [1.165, 1.54) is 5.56 Å². The molecule has 0 bridgehead atoms. The fourth-order valence-corrected chi connectivity index (χ4v) is 6.03. The van der Waals surface area contributed by atoms with E-state index in [2.05, 4.69) is 28.9 Å². The average molecular weight is 569 g/mol. The molecule has 1 saturated heterocycles. The number of rotatable bonds is 6. The maximum absolute atomic E-state index is 13.6. The minimum absolute atomic E-state index is 0.182. The van der Waals surface area contributed by atoms with Crippen molar-refractivity contribution in [2.24, 2.45) is 0 Å². The molecule has 0 spiro atoms. The normalized spacial score (nSPS) is 15.6. The Bertz CT molecular complexity index is 1580. The summed E-state index contributed by atoms with van der Waals surface area (Å²) in [5.41, 5.74) is 6.59. The molecular weight excluding hydrogens is 536 g/mol. The second kappa shape index (κ2) is 11.9. The topological polar surface area (TPSA) is 66.0 Å². The fourth-order valence-electron chi connectivity index (χ4n) is 5.87. The number of halogens is 1. The summed E-state index contributed by atoms with van der Waals surface area (Å²) in [6.07, 6.45) is 0.753. The van der Waals surface area contributed by atoms with Crippen LogP contribution in [0.1, 0.15) is 32.7 Å². The van der Waals surface area contributed by atoms with Gasteiger partial charge in [-0.2, -0.15) is 0 Å². The zero-order valence-corrected chi connectivity index (χ0v) is 23.9. The Labute approximate surface area is 245 Å². The van der Waals surface area contributed by atoms with Crippen LogP contribution in [-0.2, 0) is 29.0 Å². The van der Waals surface area contributed by atoms with Crippen molar-refractivity contribution >= 4 is 40.1 Å². The molecule has 0 radical (unpaired) electrons. The van der Waals surface area contributed by atoms with E-state index in [-0.39, 0.29) is 12.5 Å². The Morgan fingerprint density at radius 1 is 0.927 bits per heavy atom. The molecule has 2 aliphatic heterocycles. The Balaban J connectivity index is 1.15. The molecule has 6 rings (SSSR count). The highest BCUT2D eigenvalue weighted by atomic mass is 35.5. The SMILES string of the molecule is Cc1ccc(Cl)cc1N1CCN(C(=O)COC(=O)c2c3c(nc4ccccc24)CCN(Cc2ccccc2)C3)CC1. The lowest BCUT2D eigenvalue weighted by molar-refractivity contribution is -0.134. The lowest BCUT2D eigenvalue weighted by Crippen LogP contribution is -2.50. The summed E-state index contributed by atoms with van der Waals surface area (Å²) in [6.45, 7) is 6.54. The monoisotopic (exact) mass is 568 g/mol. The molecule has 0 unspecified atom stereocenters. The number of hydrogen-bond acceptors (Lipinski definition) is 6. The van der Waals surface area contributed by atoms with E-state index in [0.717, 1.165) is 52.9 Å². The third-order valence-electron chi connectivity index (χ3n) is 8.05. The highest BCUT2D eigenvalue weighted by molar-refractivity contribution is 6.30. The van der Waals surface area contributed by atoms with Crippen LogP contribution in [-0.4, -0.2) is 66.0 Å². The van der Waals surface area contributed by atoms with Crippen LogP contribution in [0.15, 0.2) is 72.8 Å². The van der Waals surface area contributed by atoms with E-state index in [9.17, 15) is 9.59 Å². The number of carbonyl (C=O) groups is 2. The van der Waals surface area contributed by atoms with E-state index in [0.29, 0.717) is 43.3 Å². The van der Waals surface area contributed by atoms with Gasteiger partial charge in [-0.25, -0.2) is 4.79 Å². The molecule has 0 N–H and O–H groups in total. The summed E-state index contributed by atoms with van der Waals surface area (Å²) in [6, 6.07) is 23.9. The number of anilines is 1. The van der Waals surface area contributed by atoms with Gasteiger partial charge in [0.05, 0.1) is 11.1 Å². The number of para-hydroxylation sites is 1. The zero-order valence-electron chi connectivity index (χ0n) is 23.2. The number of esters is 1. The second-order valence-corrected chi connectivity index (χ2v) is 11.2. The maximum atomic E-state index is 13.6. The Hall–Kier alpha value is -3.94. The second-order valence-electron chi connectivity index (χ2n) is 10.8. The van der Waals surface area contributed by atoms with Crippen molar-refractivity contribution < 1.29 is 14.3 Å². The predicted molar refractivity (Wildman–Crippen MR) is 161 cm³/mol. The van der Waals surface area contributed by atoms with Crippen molar-refractivity contribution in [3.63, 3.8) is 0 Å². The van der Waals surface area contributed by atoms with Crippen LogP contribution in [0.3, 0.4) is 0 Å². The van der Waals surface area contributed by atoms with Crippen LogP contribution in [0, 0.1) is 6.92 Å². The zero-order chi connectivity index (χ0) is 28.3. The third-order valence-corrected chi connectivity index (χ3v) is 8.28. The van der Waals surface area contributed by atoms with Gasteiger partial charge in [-0.3, -0.25) is 14.7 Å². The minimum atomic E-state index is -0.469. The quantitative estimate of drug-likeness (QED) is 0.296. The van der Waals surface area contributed by atoms with Crippen LogP contribution < -0.4 is 4.90 Å². The number of benzene rings is 3. The van der Waals surface area contributed by atoms with E-state index in [1.54, 1.807) is 4.90 Å². The standard InChI is InChI=1S/C33H33ClN4O3/c1-23-11-12-25(34)19-30(23)37-15-17-38(18-16-37)31(39)22-41-33(40)32-26-9-5-6-10-28(26)35-29-13-14-36(21-27(29)32)20-24-7-3-2-4-8-24/h2-12,19H,13-18,20-22H2,1H3. The summed E-state index contributed by atoms with van der Waals surface area (Å²) >= 11 is 6.22. The summed E-state index contributed by atoms with van der Waals surface area (Å²) in [5.74, 6) is -0.651. The smallest absolute Gasteiger partial charge is 0.339 e. The molecule has 210 valence electrons. The first-order valence-electron chi connectivity index (χ1n) is 14.1. The van der Waals surface area contributed by atoms with Crippen LogP contribution in [0.2, 0.25) is 5.02 Å². The number of amides is 1. The third kappa shape index (κ3) is 5.92. The summed E-state index contributed by atoms with van der Waals surface area (Å²) in [4.78, 5) is 38.0. The molecule has 8 heteroatoms. The van der Waals surface area contributed by atoms with Gasteiger partial charge >= 0.3 is 5.97 Å². The Morgan fingerprint density at radius 2 is 1.68 bits per heavy atom. The molecule has 3 heterocycles. The van der Waals surface area contributed by atoms with Crippen LogP contribution in [0.5, 0.6) is 0 Å². The highest BCUT2D eigenvalue weighted by Gasteiger charge is 2.28. The number of hydrogen-bond donors (Lipinski definition) is 0. The number of aryl methyl sites for hydroxylation is 1. The molecule has 1 fully saturated rings. The van der Waals surface area contributed by atoms with Gasteiger partial charge in [0.25, 0.3) is 5.91 Å². The van der Waals surface area contributed by atoms with E-state index in [4.69, 9.17) is 21.3 Å². The molecule has 41 heavy (non-hydrogen) atoms. The first-order chi connectivity index (χ1) is 20.0. The first kappa shape index (κ1) is 27.2. The van der Waals surface area contributed by atoms with Crippen LogP contribution in [0.25, 0.3) is 10.9 Å². The van der Waals surface area contributed by atoms with Gasteiger partial charge in [-0.15, -0.1) is 0 Å². The van der Waals surface area contributed by atoms with Crippen molar-refractivity contribution in [1.29, 1.82) is 0 Å². The van der Waals surface area contributed by atoms with Crippen LogP contribution >= 0.6 is 11.6 Å². The molecule has 1 aromatic heterocycles. The largest absolute Gasteiger partial charge is 0.452 e. The van der Waals surface area contributed by atoms with Gasteiger partial charge in [-0.1, -0.05) is 66.2 Å². The van der Waals surface area contributed by atoms with Gasteiger partial charge in [0.2, 0.25) is 0 Å². The number of piperazine rings is 1. The van der Waals surface area contributed by atoms with Crippen molar-refractivity contribution in [2.45, 2.75) is 26.4 Å². The van der Waals surface area contributed by atoms with Crippen LogP contribution in [0.4, 0.5) is 5.69 Å². The predicted octanol–water partition coefficient (Wildman–Crippen LogP) is 5.26. The molecule has 3 aromatic carbocycles. The van der Waals surface area contributed by atoms with Gasteiger partial charge in [0, 0.05) is 79.6 Å². The minimum Gasteiger partial charge on any atom is -0.452 e. The molecule has 4 aromatic rings. The van der Waals surface area contributed by atoms with Crippen molar-refractivity contribution in [3.05, 3.63) is 106 Å². The van der Waals surface area contributed by atoms with E-state index in [1.807, 2.05) is 60.7 Å². The van der Waals surface area contributed by atoms with E-state index < -0.39 is 5.97 Å². The Morgan fingerprint density at radius 3 is 2.49 bits per heavy atom. The summed E-state index contributed by atoms with van der Waals surface area (Å²) in [7, 11) is 0. The van der Waals surface area contributed by atoms with Gasteiger partial charge in [-0.05, 0) is 36.2 Å². The van der Waals surface area contributed by atoms with E-state index >= 15 is 0 Å². The molecule has 2 aliphatic rings. The number of fused-ring (bicyclic) bond motifs is 2. The van der Waals surface area contributed by atoms with Crippen molar-refractivity contribution in [1.82, 2.24) is 14.8 Å². The fraction of sp³-hybridized carbons (Fsp3) is 0.303. The number of nitrogens with zero attached hydrogens (tertiary/aromatic N) is 4. The van der Waals surface area contributed by atoms with Crippen molar-refractivity contribution in [3.8, 4) is 0 Å². The molecule has 0 aliphatic carbocycles. The molecular formula is C33H33ClN4O3. The first-order valence-corrected chi connectivity index (χ1v) is 14.5. The van der Waals surface area contributed by atoms with Crippen molar-refractivity contribution in [2.75, 3.05) is 44.2 Å². The summed E-state index contributed by atoms with van der Waals surface area (Å²) in [5, 5.41) is 1.46. The number of ether oxygens (including phenoxy) is 1. The molecule has 1 amide bonds. The molecule has 0 saturated carbocycles. The average Bonchev–Trinajstić information content (AvgIpc) is 3.00. The van der Waals surface area contributed by atoms with Gasteiger partial charge < -0.3 is 14.5 Å². The molecule has 0 atom stereocenters. The lowest BCUT2D eigenvalue weighted by Gasteiger charge is -2.36. The van der Waals surface area contributed by atoms with Gasteiger partial charge in [0.1, 0.15) is 0 Å². The molecule has 7 nitrogen and oxygen atoms in total. The number of aromatic nitrogens is 1. The summed E-state index contributed by atoms with van der Waals surface area (Å²) < 4.78 is 5.71. The highest BCUT2D eigenvalue weighted by Crippen LogP contribution is 2.30.